The molecule has 0 aliphatic heterocycles. The highest BCUT2D eigenvalue weighted by Gasteiger charge is 2.42. The zero-order chi connectivity index (χ0) is 13.2. The average Bonchev–Trinajstić information content (AvgIpc) is 2.38. The third kappa shape index (κ3) is 3.28. The molecule has 4 heteroatoms. The molecule has 18 heavy (non-hydrogen) atoms. The second kappa shape index (κ2) is 5.64. The van der Waals surface area contributed by atoms with Gasteiger partial charge in [0.1, 0.15) is 0 Å². The fourth-order valence-corrected chi connectivity index (χ4v) is 3.20. The second-order valence-electron chi connectivity index (χ2n) is 5.62. The molecule has 0 radical (unpaired) electrons. The van der Waals surface area contributed by atoms with Crippen molar-refractivity contribution in [3.8, 4) is 0 Å². The lowest BCUT2D eigenvalue weighted by Crippen LogP contribution is -2.33. The molecule has 0 aromatic carbocycles. The molecule has 2 aliphatic rings. The van der Waals surface area contributed by atoms with Gasteiger partial charge in [0.15, 0.2) is 0 Å². The molecule has 104 valence electrons. The smallest absolute Gasteiger partial charge is 0.388 e. The monoisotopic (exact) mass is 262 g/mol. The minimum Gasteiger partial charge on any atom is -0.388 e. The van der Waals surface area contributed by atoms with E-state index in [1.54, 1.807) is 0 Å². The van der Waals surface area contributed by atoms with E-state index in [1.807, 2.05) is 0 Å². The summed E-state index contributed by atoms with van der Waals surface area (Å²) >= 11 is 0. The van der Waals surface area contributed by atoms with Gasteiger partial charge in [0, 0.05) is 0 Å². The first-order chi connectivity index (χ1) is 8.48. The van der Waals surface area contributed by atoms with Gasteiger partial charge >= 0.3 is 6.18 Å². The average molecular weight is 262 g/mol. The molecular weight excluding hydrogens is 241 g/mol. The Kier molecular flexibility index (Phi) is 4.36. The van der Waals surface area contributed by atoms with Crippen molar-refractivity contribution in [2.45, 2.75) is 63.6 Å². The molecule has 1 nitrogen and oxygen atoms in total. The number of alkyl halides is 3. The zero-order valence-electron chi connectivity index (χ0n) is 10.5. The number of halogens is 3. The molecule has 1 unspecified atom stereocenters. The fourth-order valence-electron chi connectivity index (χ4n) is 3.20. The Morgan fingerprint density at radius 2 is 1.78 bits per heavy atom. The van der Waals surface area contributed by atoms with Crippen LogP contribution < -0.4 is 0 Å². The SMILES string of the molecule is OC(C1=CCCCC1)C1CCC(C(F)(F)F)CC1. The molecule has 1 N–H and O–H groups in total. The van der Waals surface area contributed by atoms with Crippen LogP contribution in [-0.2, 0) is 0 Å². The Morgan fingerprint density at radius 1 is 1.11 bits per heavy atom. The first-order valence-electron chi connectivity index (χ1n) is 6.92. The van der Waals surface area contributed by atoms with Gasteiger partial charge in [-0.3, -0.25) is 0 Å². The minimum absolute atomic E-state index is 0.0351. The summed E-state index contributed by atoms with van der Waals surface area (Å²) in [5, 5.41) is 10.2. The number of hydrogen-bond acceptors (Lipinski definition) is 1. The van der Waals surface area contributed by atoms with Gasteiger partial charge in [-0.1, -0.05) is 6.08 Å². The Bertz CT molecular complexity index is 301. The van der Waals surface area contributed by atoms with E-state index < -0.39 is 18.2 Å². The van der Waals surface area contributed by atoms with E-state index in [0.29, 0.717) is 12.8 Å². The van der Waals surface area contributed by atoms with Gasteiger partial charge in [0.05, 0.1) is 12.0 Å². The highest BCUT2D eigenvalue weighted by Crippen LogP contribution is 2.41. The van der Waals surface area contributed by atoms with Gasteiger partial charge in [0.2, 0.25) is 0 Å². The fraction of sp³-hybridized carbons (Fsp3) is 0.857. The van der Waals surface area contributed by atoms with Gasteiger partial charge in [-0.25, -0.2) is 0 Å². The lowest BCUT2D eigenvalue weighted by atomic mass is 9.76. The lowest BCUT2D eigenvalue weighted by Gasteiger charge is -2.34. The number of allylic oxidation sites excluding steroid dienone is 1. The summed E-state index contributed by atoms with van der Waals surface area (Å²) in [4.78, 5) is 0. The summed E-state index contributed by atoms with van der Waals surface area (Å²) in [5.74, 6) is -1.12. The molecule has 1 atom stereocenters. The van der Waals surface area contributed by atoms with Gasteiger partial charge in [-0.05, 0) is 62.9 Å². The summed E-state index contributed by atoms with van der Waals surface area (Å²) in [6, 6.07) is 0. The number of hydrogen-bond donors (Lipinski definition) is 1. The van der Waals surface area contributed by atoms with Crippen LogP contribution in [0.2, 0.25) is 0 Å². The Balaban J connectivity index is 1.87. The maximum atomic E-state index is 12.6. The summed E-state index contributed by atoms with van der Waals surface area (Å²) < 4.78 is 37.7. The number of rotatable bonds is 2. The third-order valence-corrected chi connectivity index (χ3v) is 4.39. The van der Waals surface area contributed by atoms with E-state index in [4.69, 9.17) is 0 Å². The summed E-state index contributed by atoms with van der Waals surface area (Å²) in [6.07, 6.45) is 3.08. The normalized spacial score (nSPS) is 31.9. The molecule has 0 spiro atoms. The van der Waals surface area contributed by atoms with Crippen LogP contribution in [0.3, 0.4) is 0 Å². The molecule has 2 aliphatic carbocycles. The molecule has 1 fully saturated rings. The lowest BCUT2D eigenvalue weighted by molar-refractivity contribution is -0.185. The van der Waals surface area contributed by atoms with Crippen LogP contribution in [0, 0.1) is 11.8 Å². The Morgan fingerprint density at radius 3 is 2.28 bits per heavy atom. The van der Waals surface area contributed by atoms with Crippen molar-refractivity contribution in [2.75, 3.05) is 0 Å². The zero-order valence-corrected chi connectivity index (χ0v) is 10.5. The number of aliphatic hydroxyl groups is 1. The van der Waals surface area contributed by atoms with Crippen molar-refractivity contribution in [1.29, 1.82) is 0 Å². The van der Waals surface area contributed by atoms with Crippen molar-refractivity contribution < 1.29 is 18.3 Å². The molecule has 0 amide bonds. The summed E-state index contributed by atoms with van der Waals surface area (Å²) in [7, 11) is 0. The first kappa shape index (κ1) is 13.9. The quantitative estimate of drug-likeness (QED) is 0.739. The van der Waals surface area contributed by atoms with Gasteiger partial charge in [-0.2, -0.15) is 13.2 Å². The van der Waals surface area contributed by atoms with Crippen molar-refractivity contribution >= 4 is 0 Å². The largest absolute Gasteiger partial charge is 0.391 e. The van der Waals surface area contributed by atoms with Crippen LogP contribution >= 0.6 is 0 Å². The molecule has 0 heterocycles. The van der Waals surface area contributed by atoms with Crippen LogP contribution in [0.5, 0.6) is 0 Å². The highest BCUT2D eigenvalue weighted by molar-refractivity contribution is 5.12. The minimum atomic E-state index is -4.06. The van der Waals surface area contributed by atoms with Crippen molar-refractivity contribution in [1.82, 2.24) is 0 Å². The van der Waals surface area contributed by atoms with Crippen molar-refractivity contribution in [3.63, 3.8) is 0 Å². The molecule has 0 aromatic heterocycles. The van der Waals surface area contributed by atoms with E-state index in [1.165, 1.54) is 0 Å². The van der Waals surface area contributed by atoms with Crippen LogP contribution in [0.25, 0.3) is 0 Å². The molecule has 1 saturated carbocycles. The van der Waals surface area contributed by atoms with Crippen LogP contribution in [0.15, 0.2) is 11.6 Å². The first-order valence-corrected chi connectivity index (χ1v) is 6.92. The van der Waals surface area contributed by atoms with E-state index in [2.05, 4.69) is 6.08 Å². The molecule has 0 bridgehead atoms. The van der Waals surface area contributed by atoms with Gasteiger partial charge in [0.25, 0.3) is 0 Å². The van der Waals surface area contributed by atoms with Gasteiger partial charge in [-0.15, -0.1) is 0 Å². The summed E-state index contributed by atoms with van der Waals surface area (Å²) in [6.45, 7) is 0. The topological polar surface area (TPSA) is 20.2 Å². The van der Waals surface area contributed by atoms with E-state index in [-0.39, 0.29) is 18.8 Å². The van der Waals surface area contributed by atoms with E-state index in [9.17, 15) is 18.3 Å². The van der Waals surface area contributed by atoms with Crippen LogP contribution in [0.4, 0.5) is 13.2 Å². The maximum Gasteiger partial charge on any atom is 0.391 e. The predicted molar refractivity (Wildman–Crippen MR) is 64.1 cm³/mol. The highest BCUT2D eigenvalue weighted by atomic mass is 19.4. The van der Waals surface area contributed by atoms with E-state index >= 15 is 0 Å². The van der Waals surface area contributed by atoms with Crippen molar-refractivity contribution in [2.24, 2.45) is 11.8 Å². The van der Waals surface area contributed by atoms with Gasteiger partial charge < -0.3 is 5.11 Å². The Labute approximate surface area is 106 Å². The third-order valence-electron chi connectivity index (χ3n) is 4.39. The van der Waals surface area contributed by atoms with Crippen LogP contribution in [-0.4, -0.2) is 17.4 Å². The van der Waals surface area contributed by atoms with Crippen LogP contribution in [0.1, 0.15) is 51.4 Å². The summed E-state index contributed by atoms with van der Waals surface area (Å²) in [5.41, 5.74) is 1.07. The van der Waals surface area contributed by atoms with E-state index in [0.717, 1.165) is 31.3 Å². The molecule has 2 rings (SSSR count). The molecular formula is C14H21F3O. The molecule has 0 aromatic rings. The number of aliphatic hydroxyl groups excluding tert-OH is 1. The Hall–Kier alpha value is -0.510. The molecule has 0 saturated heterocycles. The predicted octanol–water partition coefficient (Wildman–Crippen LogP) is 4.22. The second-order valence-corrected chi connectivity index (χ2v) is 5.62. The van der Waals surface area contributed by atoms with Crippen molar-refractivity contribution in [3.05, 3.63) is 11.6 Å². The maximum absolute atomic E-state index is 12.6. The standard InChI is InChI=1S/C14H21F3O/c15-14(16,17)12-8-6-11(7-9-12)13(18)10-4-2-1-3-5-10/h4,11-13,18H,1-3,5-9H2.